The Kier molecular flexibility index (Phi) is 7.22. The van der Waals surface area contributed by atoms with Crippen molar-refractivity contribution in [3.8, 4) is 17.2 Å². The zero-order chi connectivity index (χ0) is 26.0. The van der Waals surface area contributed by atoms with E-state index in [0.717, 1.165) is 0 Å². The van der Waals surface area contributed by atoms with E-state index in [9.17, 15) is 14.4 Å². The molecule has 0 aliphatic carbocycles. The van der Waals surface area contributed by atoms with Crippen LogP contribution in [0.5, 0.6) is 17.2 Å². The van der Waals surface area contributed by atoms with E-state index in [1.165, 1.54) is 39.5 Å². The third-order valence-corrected chi connectivity index (χ3v) is 5.93. The maximum absolute atomic E-state index is 13.2. The summed E-state index contributed by atoms with van der Waals surface area (Å²) in [6, 6.07) is 7.81. The number of hydrogen-bond donors (Lipinski definition) is 4. The molecule has 1 aromatic heterocycles. The number of benzene rings is 2. The molecule has 2 heterocycles. The number of ether oxygens (including phenoxy) is 3. The molecule has 36 heavy (non-hydrogen) atoms. The van der Waals surface area contributed by atoms with Crippen molar-refractivity contribution >= 4 is 58.2 Å². The Morgan fingerprint density at radius 1 is 1.06 bits per heavy atom. The van der Waals surface area contributed by atoms with Crippen molar-refractivity contribution in [1.29, 1.82) is 0 Å². The summed E-state index contributed by atoms with van der Waals surface area (Å²) < 4.78 is 15.9. The minimum absolute atomic E-state index is 0.0206. The van der Waals surface area contributed by atoms with Crippen LogP contribution in [0.2, 0.25) is 10.0 Å². The second kappa shape index (κ2) is 10.3. The molecule has 0 bridgehead atoms. The first-order valence-corrected chi connectivity index (χ1v) is 11.3. The number of nitrogens with one attached hydrogen (secondary N) is 4. The largest absolute Gasteiger partial charge is 0.493 e. The molecule has 0 radical (unpaired) electrons. The Morgan fingerprint density at radius 2 is 1.75 bits per heavy atom. The van der Waals surface area contributed by atoms with E-state index in [1.807, 2.05) is 0 Å². The summed E-state index contributed by atoms with van der Waals surface area (Å²) >= 11 is 12.1. The number of carbonyl (C=O) groups is 2. The van der Waals surface area contributed by atoms with Crippen LogP contribution in [0.1, 0.15) is 17.9 Å². The van der Waals surface area contributed by atoms with E-state index in [4.69, 9.17) is 37.4 Å². The lowest BCUT2D eigenvalue weighted by atomic mass is 9.92. The average Bonchev–Trinajstić information content (AvgIpc) is 2.84. The van der Waals surface area contributed by atoms with E-state index in [0.29, 0.717) is 38.7 Å². The Labute approximate surface area is 215 Å². The van der Waals surface area contributed by atoms with Gasteiger partial charge in [0.15, 0.2) is 11.5 Å². The molecule has 0 fully saturated rings. The number of methoxy groups -OCH3 is 3. The summed E-state index contributed by atoms with van der Waals surface area (Å²) in [5, 5.41) is 8.87. The number of amides is 2. The van der Waals surface area contributed by atoms with E-state index in [2.05, 4.69) is 25.9 Å². The monoisotopic (exact) mass is 533 g/mol. The molecule has 0 saturated carbocycles. The number of nitrogens with zero attached hydrogens (tertiary/aromatic N) is 1. The number of aromatic nitrogens is 2. The van der Waals surface area contributed by atoms with Crippen LogP contribution in [-0.4, -0.2) is 43.1 Å². The summed E-state index contributed by atoms with van der Waals surface area (Å²) in [4.78, 5) is 45.5. The quantitative estimate of drug-likeness (QED) is 0.357. The fourth-order valence-corrected chi connectivity index (χ4v) is 4.21. The first-order chi connectivity index (χ1) is 17.2. The molecule has 4 N–H and O–H groups in total. The van der Waals surface area contributed by atoms with Gasteiger partial charge in [-0.3, -0.25) is 19.4 Å². The van der Waals surface area contributed by atoms with Crippen LogP contribution in [0.3, 0.4) is 0 Å². The van der Waals surface area contributed by atoms with E-state index in [-0.39, 0.29) is 23.8 Å². The smallest absolute Gasteiger partial charge is 0.258 e. The summed E-state index contributed by atoms with van der Waals surface area (Å²) in [7, 11) is 4.34. The van der Waals surface area contributed by atoms with Gasteiger partial charge in [0.2, 0.25) is 23.5 Å². The number of aromatic amines is 1. The minimum Gasteiger partial charge on any atom is -0.493 e. The number of fused-ring (bicyclic) bond motifs is 1. The highest BCUT2D eigenvalue weighted by Crippen LogP contribution is 2.40. The maximum Gasteiger partial charge on any atom is 0.258 e. The predicted molar refractivity (Wildman–Crippen MR) is 135 cm³/mol. The summed E-state index contributed by atoms with van der Waals surface area (Å²) in [6.07, 6.45) is -0.246. The first kappa shape index (κ1) is 25.1. The molecule has 11 nitrogen and oxygen atoms in total. The molecule has 1 aliphatic heterocycles. The maximum atomic E-state index is 13.2. The molecule has 1 atom stereocenters. The molecular formula is C23H21Cl2N5O6. The zero-order valence-electron chi connectivity index (χ0n) is 19.3. The Hall–Kier alpha value is -3.96. The SMILES string of the molecule is COc1cc(NC(=O)C2CC(=O)Nc3nc(Nc4ccc(Cl)cc4Cl)[nH]c(=O)c32)cc(OC)c1OC. The van der Waals surface area contributed by atoms with Gasteiger partial charge < -0.3 is 30.2 Å². The van der Waals surface area contributed by atoms with Gasteiger partial charge in [-0.05, 0) is 18.2 Å². The standard InChI is InChI=1S/C23H21Cl2N5O6/c1-34-15-7-11(8-16(35-2)19(15)36-3)26-21(32)12-9-17(31)28-20-18(12)22(33)30-23(29-20)27-14-5-4-10(24)6-13(14)25/h4-8,12H,9H2,1-3H3,(H,26,32)(H3,27,28,29,30,31,33). The van der Waals surface area contributed by atoms with Crippen molar-refractivity contribution in [2.45, 2.75) is 12.3 Å². The summed E-state index contributed by atoms with van der Waals surface area (Å²) in [5.41, 5.74) is 0.176. The molecular weight excluding hydrogens is 513 g/mol. The number of H-pyrrole nitrogens is 1. The molecule has 13 heteroatoms. The van der Waals surface area contributed by atoms with Gasteiger partial charge in [0.25, 0.3) is 5.56 Å². The fraction of sp³-hybridized carbons (Fsp3) is 0.217. The van der Waals surface area contributed by atoms with Crippen LogP contribution >= 0.6 is 23.2 Å². The van der Waals surface area contributed by atoms with Gasteiger partial charge in [0.05, 0.1) is 43.5 Å². The molecule has 2 amide bonds. The lowest BCUT2D eigenvalue weighted by Gasteiger charge is -2.24. The number of rotatable bonds is 7. The molecule has 3 aromatic rings. The van der Waals surface area contributed by atoms with Crippen molar-refractivity contribution in [2.75, 3.05) is 37.3 Å². The lowest BCUT2D eigenvalue weighted by Crippen LogP contribution is -2.36. The summed E-state index contributed by atoms with van der Waals surface area (Å²) in [5.74, 6) is -1.17. The Balaban J connectivity index is 1.65. The van der Waals surface area contributed by atoms with Gasteiger partial charge >= 0.3 is 0 Å². The van der Waals surface area contributed by atoms with Gasteiger partial charge in [0.1, 0.15) is 5.82 Å². The molecule has 1 aliphatic rings. The van der Waals surface area contributed by atoms with Crippen molar-refractivity contribution in [3.63, 3.8) is 0 Å². The van der Waals surface area contributed by atoms with Gasteiger partial charge in [0, 0.05) is 29.3 Å². The lowest BCUT2D eigenvalue weighted by molar-refractivity contribution is -0.123. The third-order valence-electron chi connectivity index (χ3n) is 5.38. The second-order valence-corrected chi connectivity index (χ2v) is 8.48. The number of halogens is 2. The van der Waals surface area contributed by atoms with Gasteiger partial charge in [-0.25, -0.2) is 0 Å². The normalized spacial score (nSPS) is 14.4. The van der Waals surface area contributed by atoms with Gasteiger partial charge in [-0.1, -0.05) is 23.2 Å². The number of carbonyl (C=O) groups excluding carboxylic acids is 2. The number of hydrogen-bond acceptors (Lipinski definition) is 8. The topological polar surface area (TPSA) is 144 Å². The predicted octanol–water partition coefficient (Wildman–Crippen LogP) is 3.91. The van der Waals surface area contributed by atoms with Crippen molar-refractivity contribution in [1.82, 2.24) is 9.97 Å². The highest BCUT2D eigenvalue weighted by molar-refractivity contribution is 6.36. The van der Waals surface area contributed by atoms with Crippen LogP contribution in [0.15, 0.2) is 35.1 Å². The Morgan fingerprint density at radius 3 is 2.36 bits per heavy atom. The van der Waals surface area contributed by atoms with Crippen LogP contribution < -0.4 is 35.7 Å². The molecule has 4 rings (SSSR count). The molecule has 188 valence electrons. The summed E-state index contributed by atoms with van der Waals surface area (Å²) in [6.45, 7) is 0. The fourth-order valence-electron chi connectivity index (χ4n) is 3.76. The van der Waals surface area contributed by atoms with Crippen LogP contribution in [-0.2, 0) is 9.59 Å². The van der Waals surface area contributed by atoms with Crippen LogP contribution in [0.4, 0.5) is 23.1 Å². The average molecular weight is 534 g/mol. The molecule has 2 aromatic carbocycles. The van der Waals surface area contributed by atoms with E-state index >= 15 is 0 Å². The van der Waals surface area contributed by atoms with Crippen molar-refractivity contribution in [3.05, 3.63) is 56.3 Å². The highest BCUT2D eigenvalue weighted by atomic mass is 35.5. The van der Waals surface area contributed by atoms with Gasteiger partial charge in [-0.15, -0.1) is 0 Å². The third kappa shape index (κ3) is 5.02. The number of anilines is 4. The highest BCUT2D eigenvalue weighted by Gasteiger charge is 2.35. The van der Waals surface area contributed by atoms with E-state index in [1.54, 1.807) is 12.1 Å². The van der Waals surface area contributed by atoms with Crippen LogP contribution in [0, 0.1) is 0 Å². The molecule has 1 unspecified atom stereocenters. The molecule has 0 saturated heterocycles. The zero-order valence-corrected chi connectivity index (χ0v) is 20.8. The van der Waals surface area contributed by atoms with Gasteiger partial charge in [-0.2, -0.15) is 4.98 Å². The second-order valence-electron chi connectivity index (χ2n) is 7.63. The Bertz CT molecular complexity index is 1390. The minimum atomic E-state index is -1.10. The first-order valence-electron chi connectivity index (χ1n) is 10.5. The van der Waals surface area contributed by atoms with Crippen molar-refractivity contribution < 1.29 is 23.8 Å². The van der Waals surface area contributed by atoms with E-state index < -0.39 is 23.3 Å². The molecule has 0 spiro atoms. The van der Waals surface area contributed by atoms with Crippen LogP contribution in [0.25, 0.3) is 0 Å². The van der Waals surface area contributed by atoms with Crippen molar-refractivity contribution in [2.24, 2.45) is 0 Å².